The molecule has 0 aliphatic carbocycles. The predicted octanol–water partition coefficient (Wildman–Crippen LogP) is 2.56. The van der Waals surface area contributed by atoms with E-state index in [1.807, 2.05) is 6.92 Å². The van der Waals surface area contributed by atoms with E-state index in [4.69, 9.17) is 0 Å². The molecule has 1 amide bonds. The van der Waals surface area contributed by atoms with Crippen LogP contribution in [0.4, 0.5) is 0 Å². The maximum Gasteiger partial charge on any atom is 0.233 e. The van der Waals surface area contributed by atoms with E-state index < -0.39 is 0 Å². The van der Waals surface area contributed by atoms with Crippen molar-refractivity contribution in [3.05, 3.63) is 0 Å². The van der Waals surface area contributed by atoms with Crippen molar-refractivity contribution in [1.29, 1.82) is 0 Å². The van der Waals surface area contributed by atoms with Crippen LogP contribution in [0.3, 0.4) is 0 Å². The Balaban J connectivity index is 2.33. The predicted molar refractivity (Wildman–Crippen MR) is 66.1 cm³/mol. The summed E-state index contributed by atoms with van der Waals surface area (Å²) in [5.41, 5.74) is 0. The van der Waals surface area contributed by atoms with E-state index in [0.717, 1.165) is 12.2 Å². The zero-order valence-electron chi connectivity index (χ0n) is 8.75. The van der Waals surface area contributed by atoms with Crippen LogP contribution >= 0.6 is 27.7 Å². The van der Waals surface area contributed by atoms with Crippen LogP contribution in [0.2, 0.25) is 0 Å². The summed E-state index contributed by atoms with van der Waals surface area (Å²) in [7, 11) is 0. The summed E-state index contributed by atoms with van der Waals surface area (Å²) in [5.74, 6) is 1.35. The van der Waals surface area contributed by atoms with Gasteiger partial charge < -0.3 is 5.32 Å². The molecule has 82 valence electrons. The number of nitrogens with one attached hydrogen (secondary N) is 1. The summed E-state index contributed by atoms with van der Waals surface area (Å²) < 4.78 is 0. The van der Waals surface area contributed by atoms with Crippen molar-refractivity contribution < 1.29 is 4.79 Å². The van der Waals surface area contributed by atoms with Gasteiger partial charge in [-0.15, -0.1) is 11.8 Å². The monoisotopic (exact) mass is 279 g/mol. The van der Waals surface area contributed by atoms with Crippen molar-refractivity contribution in [1.82, 2.24) is 5.32 Å². The second-order valence-corrected chi connectivity index (χ2v) is 6.58. The minimum Gasteiger partial charge on any atom is -0.352 e. The van der Waals surface area contributed by atoms with Gasteiger partial charge in [-0.25, -0.2) is 0 Å². The molecule has 1 rings (SSSR count). The van der Waals surface area contributed by atoms with Gasteiger partial charge in [0.2, 0.25) is 5.91 Å². The van der Waals surface area contributed by atoms with E-state index in [0.29, 0.717) is 4.83 Å². The molecule has 1 aliphatic heterocycles. The SMILES string of the molecule is CC(Br)C(C)NC(=O)C1CCCCS1. The van der Waals surface area contributed by atoms with E-state index in [1.165, 1.54) is 12.8 Å². The van der Waals surface area contributed by atoms with Crippen molar-refractivity contribution in [3.63, 3.8) is 0 Å². The zero-order chi connectivity index (χ0) is 10.6. The number of hydrogen-bond donors (Lipinski definition) is 1. The van der Waals surface area contributed by atoms with Gasteiger partial charge in [0.25, 0.3) is 0 Å². The molecular weight excluding hydrogens is 262 g/mol. The third kappa shape index (κ3) is 3.81. The normalized spacial score (nSPS) is 26.6. The number of carbonyl (C=O) groups is 1. The Morgan fingerprint density at radius 1 is 1.50 bits per heavy atom. The number of halogens is 1. The first-order chi connectivity index (χ1) is 6.61. The first-order valence-electron chi connectivity index (χ1n) is 5.17. The zero-order valence-corrected chi connectivity index (χ0v) is 11.2. The number of hydrogen-bond acceptors (Lipinski definition) is 2. The lowest BCUT2D eigenvalue weighted by Crippen LogP contribution is -2.42. The average molecular weight is 280 g/mol. The fourth-order valence-corrected chi connectivity index (χ4v) is 2.72. The smallest absolute Gasteiger partial charge is 0.233 e. The summed E-state index contributed by atoms with van der Waals surface area (Å²) in [6.45, 7) is 4.09. The molecule has 1 heterocycles. The van der Waals surface area contributed by atoms with Gasteiger partial charge in [0, 0.05) is 10.9 Å². The standard InChI is InChI=1S/C10H18BrNOS/c1-7(11)8(2)12-10(13)9-5-3-4-6-14-9/h7-9H,3-6H2,1-2H3,(H,12,13). The second-order valence-electron chi connectivity index (χ2n) is 3.83. The Hall–Kier alpha value is 0.300. The third-order valence-corrected chi connectivity index (χ3v) is 4.70. The lowest BCUT2D eigenvalue weighted by molar-refractivity contribution is -0.121. The highest BCUT2D eigenvalue weighted by atomic mass is 79.9. The summed E-state index contributed by atoms with van der Waals surface area (Å²) in [6, 6.07) is 0.213. The number of alkyl halides is 1. The quantitative estimate of drug-likeness (QED) is 0.805. The lowest BCUT2D eigenvalue weighted by Gasteiger charge is -2.23. The van der Waals surface area contributed by atoms with Crippen LogP contribution in [0.25, 0.3) is 0 Å². The summed E-state index contributed by atoms with van der Waals surface area (Å²) in [4.78, 5) is 12.1. The summed E-state index contributed by atoms with van der Waals surface area (Å²) >= 11 is 5.27. The van der Waals surface area contributed by atoms with Gasteiger partial charge in [-0.3, -0.25) is 4.79 Å². The van der Waals surface area contributed by atoms with Crippen LogP contribution in [0.5, 0.6) is 0 Å². The third-order valence-electron chi connectivity index (χ3n) is 2.53. The van der Waals surface area contributed by atoms with Crippen molar-refractivity contribution in [2.45, 2.75) is 49.2 Å². The van der Waals surface area contributed by atoms with Gasteiger partial charge in [-0.2, -0.15) is 0 Å². The largest absolute Gasteiger partial charge is 0.352 e. The highest BCUT2D eigenvalue weighted by Crippen LogP contribution is 2.25. The number of amides is 1. The van der Waals surface area contributed by atoms with Crippen LogP contribution < -0.4 is 5.32 Å². The molecule has 2 nitrogen and oxygen atoms in total. The van der Waals surface area contributed by atoms with Crippen LogP contribution in [0.1, 0.15) is 33.1 Å². The summed E-state index contributed by atoms with van der Waals surface area (Å²) in [6.07, 6.45) is 3.50. The molecule has 0 saturated carbocycles. The Labute approximate surface area is 98.7 Å². The van der Waals surface area contributed by atoms with Gasteiger partial charge in [-0.1, -0.05) is 29.3 Å². The minimum absolute atomic E-state index is 0.192. The van der Waals surface area contributed by atoms with Crippen molar-refractivity contribution >= 4 is 33.6 Å². The van der Waals surface area contributed by atoms with Gasteiger partial charge in [0.05, 0.1) is 5.25 Å². The van der Waals surface area contributed by atoms with E-state index in [-0.39, 0.29) is 17.2 Å². The molecule has 1 saturated heterocycles. The van der Waals surface area contributed by atoms with E-state index in [9.17, 15) is 4.79 Å². The molecule has 4 heteroatoms. The molecule has 3 unspecified atom stereocenters. The molecule has 14 heavy (non-hydrogen) atoms. The average Bonchev–Trinajstić information content (AvgIpc) is 2.19. The molecule has 1 N–H and O–H groups in total. The molecule has 0 aromatic heterocycles. The molecule has 1 fully saturated rings. The van der Waals surface area contributed by atoms with E-state index >= 15 is 0 Å². The Morgan fingerprint density at radius 3 is 2.71 bits per heavy atom. The first kappa shape index (κ1) is 12.4. The van der Waals surface area contributed by atoms with Crippen LogP contribution in [-0.2, 0) is 4.79 Å². The van der Waals surface area contributed by atoms with Gasteiger partial charge in [0.1, 0.15) is 0 Å². The first-order valence-corrected chi connectivity index (χ1v) is 7.13. The Bertz CT molecular complexity index is 193. The topological polar surface area (TPSA) is 29.1 Å². The fraction of sp³-hybridized carbons (Fsp3) is 0.900. The van der Waals surface area contributed by atoms with Crippen LogP contribution in [-0.4, -0.2) is 27.8 Å². The number of carbonyl (C=O) groups excluding carboxylic acids is 1. The van der Waals surface area contributed by atoms with E-state index in [2.05, 4.69) is 28.2 Å². The molecule has 0 radical (unpaired) electrons. The minimum atomic E-state index is 0.192. The molecule has 0 aromatic carbocycles. The Kier molecular flexibility index (Phi) is 5.31. The van der Waals surface area contributed by atoms with Gasteiger partial charge in [-0.05, 0) is 25.5 Å². The Morgan fingerprint density at radius 2 is 2.21 bits per heavy atom. The highest BCUT2D eigenvalue weighted by Gasteiger charge is 2.23. The van der Waals surface area contributed by atoms with Crippen molar-refractivity contribution in [2.75, 3.05) is 5.75 Å². The van der Waals surface area contributed by atoms with Gasteiger partial charge in [0.15, 0.2) is 0 Å². The second kappa shape index (κ2) is 6.01. The van der Waals surface area contributed by atoms with Crippen molar-refractivity contribution in [2.24, 2.45) is 0 Å². The molecule has 3 atom stereocenters. The molecule has 1 aliphatic rings. The summed E-state index contributed by atoms with van der Waals surface area (Å²) in [5, 5.41) is 3.23. The lowest BCUT2D eigenvalue weighted by atomic mass is 10.1. The molecule has 0 bridgehead atoms. The van der Waals surface area contributed by atoms with E-state index in [1.54, 1.807) is 11.8 Å². The van der Waals surface area contributed by atoms with Crippen LogP contribution in [0, 0.1) is 0 Å². The molecular formula is C10H18BrNOS. The molecule has 0 spiro atoms. The van der Waals surface area contributed by atoms with Crippen LogP contribution in [0.15, 0.2) is 0 Å². The van der Waals surface area contributed by atoms with Crippen molar-refractivity contribution in [3.8, 4) is 0 Å². The maximum atomic E-state index is 11.8. The van der Waals surface area contributed by atoms with Gasteiger partial charge >= 0.3 is 0 Å². The number of thioether (sulfide) groups is 1. The fourth-order valence-electron chi connectivity index (χ4n) is 1.38. The maximum absolute atomic E-state index is 11.8. The number of rotatable bonds is 3. The highest BCUT2D eigenvalue weighted by molar-refractivity contribution is 9.09. The molecule has 0 aromatic rings.